The monoisotopic (exact) mass is 353 g/mol. The van der Waals surface area contributed by atoms with Gasteiger partial charge in [0.25, 0.3) is 0 Å². The normalized spacial score (nSPS) is 19.3. The number of allylic oxidation sites excluding steroid dienone is 1. The summed E-state index contributed by atoms with van der Waals surface area (Å²) in [5.41, 5.74) is 5.24. The van der Waals surface area contributed by atoms with Crippen molar-refractivity contribution in [2.24, 2.45) is 0 Å². The van der Waals surface area contributed by atoms with Gasteiger partial charge in [-0.2, -0.15) is 0 Å². The summed E-state index contributed by atoms with van der Waals surface area (Å²) in [6, 6.07) is 6.11. The molecule has 2 aromatic rings. The quantitative estimate of drug-likeness (QED) is 0.644. The van der Waals surface area contributed by atoms with Crippen LogP contribution in [0.15, 0.2) is 43.0 Å². The van der Waals surface area contributed by atoms with E-state index in [2.05, 4.69) is 38.7 Å². The summed E-state index contributed by atoms with van der Waals surface area (Å²) < 4.78 is 34.2. The Morgan fingerprint density at radius 1 is 1.23 bits per heavy atom. The molecule has 2 aliphatic heterocycles. The van der Waals surface area contributed by atoms with Crippen LogP contribution in [-0.4, -0.2) is 5.54 Å². The molecular formula is C22H21F2NO. The maximum Gasteiger partial charge on any atom is 0.168 e. The molecule has 26 heavy (non-hydrogen) atoms. The van der Waals surface area contributed by atoms with Gasteiger partial charge in [-0.1, -0.05) is 18.2 Å². The molecule has 2 nitrogen and oxygen atoms in total. The molecule has 4 heteroatoms. The van der Waals surface area contributed by atoms with Crippen LogP contribution in [0.25, 0.3) is 16.7 Å². The summed E-state index contributed by atoms with van der Waals surface area (Å²) in [7, 11) is 0. The Kier molecular flexibility index (Phi) is 3.69. The van der Waals surface area contributed by atoms with Crippen molar-refractivity contribution in [3.8, 4) is 16.9 Å². The smallest absolute Gasteiger partial charge is 0.168 e. The zero-order chi connectivity index (χ0) is 18.6. The zero-order valence-corrected chi connectivity index (χ0v) is 15.1. The molecule has 0 fully saturated rings. The van der Waals surface area contributed by atoms with Crippen molar-refractivity contribution < 1.29 is 13.5 Å². The van der Waals surface area contributed by atoms with E-state index in [9.17, 15) is 8.78 Å². The van der Waals surface area contributed by atoms with Gasteiger partial charge in [-0.3, -0.25) is 0 Å². The third-order valence-electron chi connectivity index (χ3n) is 4.94. The van der Waals surface area contributed by atoms with Crippen LogP contribution < -0.4 is 10.1 Å². The molecule has 0 amide bonds. The van der Waals surface area contributed by atoms with Crippen LogP contribution in [0.1, 0.15) is 44.4 Å². The first-order chi connectivity index (χ1) is 12.3. The summed E-state index contributed by atoms with van der Waals surface area (Å²) >= 11 is 0. The summed E-state index contributed by atoms with van der Waals surface area (Å²) in [6.07, 6.45) is 4.11. The lowest BCUT2D eigenvalue weighted by Gasteiger charge is -2.37. The van der Waals surface area contributed by atoms with Crippen molar-refractivity contribution in [2.75, 3.05) is 5.32 Å². The number of fused-ring (bicyclic) bond motifs is 5. The molecule has 4 rings (SSSR count). The lowest BCUT2D eigenvalue weighted by Crippen LogP contribution is -2.32. The molecule has 0 radical (unpaired) electrons. The van der Waals surface area contributed by atoms with Crippen LogP contribution in [0, 0.1) is 11.6 Å². The van der Waals surface area contributed by atoms with Crippen molar-refractivity contribution in [3.63, 3.8) is 0 Å². The number of rotatable bonds is 2. The Balaban J connectivity index is 2.03. The van der Waals surface area contributed by atoms with Gasteiger partial charge in [0, 0.05) is 34.9 Å². The van der Waals surface area contributed by atoms with Crippen molar-refractivity contribution in [1.82, 2.24) is 0 Å². The summed E-state index contributed by atoms with van der Waals surface area (Å²) in [4.78, 5) is 0. The van der Waals surface area contributed by atoms with Gasteiger partial charge in [-0.05, 0) is 44.0 Å². The van der Waals surface area contributed by atoms with Gasteiger partial charge >= 0.3 is 0 Å². The fourth-order valence-electron chi connectivity index (χ4n) is 4.11. The lowest BCUT2D eigenvalue weighted by molar-refractivity contribution is 0.195. The van der Waals surface area contributed by atoms with Crippen LogP contribution in [0.4, 0.5) is 14.5 Å². The molecule has 0 spiro atoms. The van der Waals surface area contributed by atoms with E-state index >= 15 is 0 Å². The van der Waals surface area contributed by atoms with E-state index in [0.29, 0.717) is 12.0 Å². The molecule has 0 aliphatic carbocycles. The van der Waals surface area contributed by atoms with Crippen LogP contribution >= 0.6 is 0 Å². The van der Waals surface area contributed by atoms with Gasteiger partial charge in [-0.15, -0.1) is 6.58 Å². The second-order valence-electron chi connectivity index (χ2n) is 7.52. The number of nitrogens with one attached hydrogen (secondary N) is 1. The Bertz CT molecular complexity index is 959. The molecule has 0 aromatic heterocycles. The minimum Gasteiger partial charge on any atom is -0.482 e. The molecule has 2 aromatic carbocycles. The third kappa shape index (κ3) is 2.52. The van der Waals surface area contributed by atoms with E-state index in [-0.39, 0.29) is 17.4 Å². The fourth-order valence-corrected chi connectivity index (χ4v) is 4.11. The van der Waals surface area contributed by atoms with E-state index < -0.39 is 11.6 Å². The molecule has 134 valence electrons. The second-order valence-corrected chi connectivity index (χ2v) is 7.52. The van der Waals surface area contributed by atoms with E-state index in [1.807, 2.05) is 12.1 Å². The molecule has 0 saturated heterocycles. The van der Waals surface area contributed by atoms with Crippen LogP contribution in [0.5, 0.6) is 5.75 Å². The highest BCUT2D eigenvalue weighted by molar-refractivity contribution is 5.89. The van der Waals surface area contributed by atoms with Crippen LogP contribution in [-0.2, 0) is 0 Å². The highest BCUT2D eigenvalue weighted by atomic mass is 19.1. The van der Waals surface area contributed by atoms with Crippen LogP contribution in [0.3, 0.4) is 0 Å². The highest BCUT2D eigenvalue weighted by Crippen LogP contribution is 2.50. The number of hydrogen-bond donors (Lipinski definition) is 1. The van der Waals surface area contributed by atoms with E-state index in [1.165, 1.54) is 6.07 Å². The fraction of sp³-hybridized carbons (Fsp3) is 0.273. The Labute approximate surface area is 152 Å². The SMILES string of the molecule is C=CCC1Oc2c(F)cc(F)cc2-c2ccc3c(c21)C(C)=CC(C)(C)N3. The molecule has 2 aliphatic rings. The van der Waals surface area contributed by atoms with Crippen molar-refractivity contribution in [2.45, 2.75) is 38.8 Å². The summed E-state index contributed by atoms with van der Waals surface area (Å²) in [5.74, 6) is -1.18. The summed E-state index contributed by atoms with van der Waals surface area (Å²) in [5, 5.41) is 3.52. The first kappa shape index (κ1) is 16.8. The molecule has 2 heterocycles. The highest BCUT2D eigenvalue weighted by Gasteiger charge is 2.34. The van der Waals surface area contributed by atoms with Crippen molar-refractivity contribution >= 4 is 11.3 Å². The van der Waals surface area contributed by atoms with Gasteiger partial charge in [-0.25, -0.2) is 8.78 Å². The zero-order valence-electron chi connectivity index (χ0n) is 15.1. The first-order valence-corrected chi connectivity index (χ1v) is 8.72. The topological polar surface area (TPSA) is 21.3 Å². The summed E-state index contributed by atoms with van der Waals surface area (Å²) in [6.45, 7) is 10.1. The largest absolute Gasteiger partial charge is 0.482 e. The number of halogens is 2. The van der Waals surface area contributed by atoms with E-state index in [0.717, 1.165) is 34.0 Å². The third-order valence-corrected chi connectivity index (χ3v) is 4.94. The van der Waals surface area contributed by atoms with Gasteiger partial charge in [0.05, 0.1) is 5.54 Å². The predicted octanol–water partition coefficient (Wildman–Crippen LogP) is 6.25. The number of hydrogen-bond acceptors (Lipinski definition) is 2. The predicted molar refractivity (Wildman–Crippen MR) is 101 cm³/mol. The number of anilines is 1. The van der Waals surface area contributed by atoms with Crippen LogP contribution in [0.2, 0.25) is 0 Å². The standard InChI is InChI=1S/C22H21F2NO/c1-5-6-18-20-14(15-9-13(23)10-16(24)21(15)26-18)7-8-17-19(20)12(2)11-22(3,4)25-17/h5,7-11,18,25H,1,6H2,2-4H3. The number of ether oxygens (including phenoxy) is 1. The molecular weight excluding hydrogens is 332 g/mol. The van der Waals surface area contributed by atoms with E-state index in [4.69, 9.17) is 4.74 Å². The first-order valence-electron chi connectivity index (χ1n) is 8.72. The minimum atomic E-state index is -0.677. The molecule has 0 bridgehead atoms. The maximum atomic E-state index is 14.3. The van der Waals surface area contributed by atoms with Crippen molar-refractivity contribution in [3.05, 3.63) is 65.8 Å². The molecule has 0 saturated carbocycles. The Morgan fingerprint density at radius 2 is 2.00 bits per heavy atom. The average molecular weight is 353 g/mol. The molecule has 1 N–H and O–H groups in total. The molecule has 1 atom stereocenters. The minimum absolute atomic E-state index is 0.108. The lowest BCUT2D eigenvalue weighted by atomic mass is 9.81. The van der Waals surface area contributed by atoms with E-state index in [1.54, 1.807) is 6.08 Å². The Hall–Kier alpha value is -2.62. The van der Waals surface area contributed by atoms with Crippen molar-refractivity contribution in [1.29, 1.82) is 0 Å². The van der Waals surface area contributed by atoms with Gasteiger partial charge < -0.3 is 10.1 Å². The average Bonchev–Trinajstić information content (AvgIpc) is 2.54. The van der Waals surface area contributed by atoms with Gasteiger partial charge in [0.15, 0.2) is 11.6 Å². The second kappa shape index (κ2) is 5.70. The number of benzene rings is 2. The van der Waals surface area contributed by atoms with Gasteiger partial charge in [0.2, 0.25) is 0 Å². The Morgan fingerprint density at radius 3 is 2.73 bits per heavy atom. The maximum absolute atomic E-state index is 14.3. The molecule has 1 unspecified atom stereocenters. The van der Waals surface area contributed by atoms with Gasteiger partial charge in [0.1, 0.15) is 11.9 Å².